The summed E-state index contributed by atoms with van der Waals surface area (Å²) in [5.41, 5.74) is 2.14. The minimum Gasteiger partial charge on any atom is -0.495 e. The maximum atomic E-state index is 13.5. The summed E-state index contributed by atoms with van der Waals surface area (Å²) in [5.74, 6) is 0.270. The zero-order valence-electron chi connectivity index (χ0n) is 18.5. The van der Waals surface area contributed by atoms with E-state index >= 15 is 0 Å². The van der Waals surface area contributed by atoms with Crippen LogP contribution < -0.4 is 19.7 Å². The van der Waals surface area contributed by atoms with Gasteiger partial charge in [0.15, 0.2) is 0 Å². The summed E-state index contributed by atoms with van der Waals surface area (Å²) >= 11 is 6.26. The van der Waals surface area contributed by atoms with Crippen molar-refractivity contribution >= 4 is 40.4 Å². The van der Waals surface area contributed by atoms with Crippen molar-refractivity contribution in [1.29, 1.82) is 0 Å². The minimum atomic E-state index is -0.470. The Balaban J connectivity index is 1.73. The molecule has 1 aliphatic rings. The molecule has 0 atom stereocenters. The second kappa shape index (κ2) is 9.38. The summed E-state index contributed by atoms with van der Waals surface area (Å²) in [7, 11) is 1.50. The molecule has 3 aromatic rings. The first-order valence-electron chi connectivity index (χ1n) is 10.4. The number of carbonyl (C=O) groups is 2. The Morgan fingerprint density at radius 3 is 2.21 bits per heavy atom. The van der Waals surface area contributed by atoms with Crippen LogP contribution in [0.2, 0.25) is 5.02 Å². The third-order valence-corrected chi connectivity index (χ3v) is 5.33. The highest BCUT2D eigenvalue weighted by molar-refractivity contribution is 6.46. The minimum absolute atomic E-state index is 0.0510. The van der Waals surface area contributed by atoms with Crippen LogP contribution in [0.3, 0.4) is 0 Å². The molecule has 1 heterocycles. The largest absolute Gasteiger partial charge is 0.495 e. The average molecular weight is 463 g/mol. The number of ether oxygens (including phenoxy) is 2. The van der Waals surface area contributed by atoms with Crippen molar-refractivity contribution < 1.29 is 19.1 Å². The van der Waals surface area contributed by atoms with Gasteiger partial charge in [-0.05, 0) is 61.9 Å². The fourth-order valence-electron chi connectivity index (χ4n) is 3.58. The summed E-state index contributed by atoms with van der Waals surface area (Å²) in [4.78, 5) is 28.1. The number of methoxy groups -OCH3 is 1. The van der Waals surface area contributed by atoms with Gasteiger partial charge in [0.1, 0.15) is 17.2 Å². The highest BCUT2D eigenvalue weighted by atomic mass is 35.5. The monoisotopic (exact) mass is 462 g/mol. The molecule has 6 nitrogen and oxygen atoms in total. The molecule has 7 heteroatoms. The van der Waals surface area contributed by atoms with E-state index in [0.717, 1.165) is 10.6 Å². The summed E-state index contributed by atoms with van der Waals surface area (Å²) < 4.78 is 10.9. The van der Waals surface area contributed by atoms with Gasteiger partial charge in [-0.25, -0.2) is 4.90 Å². The lowest BCUT2D eigenvalue weighted by Gasteiger charge is -2.16. The van der Waals surface area contributed by atoms with Gasteiger partial charge in [0.05, 0.1) is 29.5 Å². The smallest absolute Gasteiger partial charge is 0.282 e. The van der Waals surface area contributed by atoms with E-state index in [1.54, 1.807) is 42.5 Å². The van der Waals surface area contributed by atoms with E-state index in [1.807, 2.05) is 44.2 Å². The average Bonchev–Trinajstić information content (AvgIpc) is 3.04. The molecular formula is C26H23ClN2O4. The standard InChI is InChI=1S/C26H23ClN2O4/c1-16(2)33-20-12-9-18(10-13-20)28-24-23(17-7-5-4-6-8-17)25(30)29(26(24)31)19-11-14-22(32-3)21(27)15-19/h4-16,28H,1-3H3. The molecule has 0 fully saturated rings. The van der Waals surface area contributed by atoms with Crippen LogP contribution in [0.4, 0.5) is 11.4 Å². The first-order chi connectivity index (χ1) is 15.9. The maximum absolute atomic E-state index is 13.5. The molecule has 0 saturated carbocycles. The van der Waals surface area contributed by atoms with Crippen molar-refractivity contribution in [3.05, 3.63) is 89.1 Å². The SMILES string of the molecule is COc1ccc(N2C(=O)C(Nc3ccc(OC(C)C)cc3)=C(c3ccccc3)C2=O)cc1Cl. The van der Waals surface area contributed by atoms with Gasteiger partial charge in [0, 0.05) is 5.69 Å². The third-order valence-electron chi connectivity index (χ3n) is 5.04. The van der Waals surface area contributed by atoms with E-state index in [4.69, 9.17) is 21.1 Å². The Morgan fingerprint density at radius 2 is 1.61 bits per heavy atom. The number of imide groups is 1. The number of nitrogens with one attached hydrogen (secondary N) is 1. The molecule has 168 valence electrons. The van der Waals surface area contributed by atoms with Crippen LogP contribution in [0, 0.1) is 0 Å². The van der Waals surface area contributed by atoms with Gasteiger partial charge in [-0.2, -0.15) is 0 Å². The number of rotatable bonds is 7. The van der Waals surface area contributed by atoms with E-state index in [2.05, 4.69) is 5.32 Å². The molecule has 4 rings (SSSR count). The van der Waals surface area contributed by atoms with Crippen molar-refractivity contribution in [2.45, 2.75) is 20.0 Å². The molecule has 3 aromatic carbocycles. The number of hydrogen-bond donors (Lipinski definition) is 1. The molecule has 0 unspecified atom stereocenters. The van der Waals surface area contributed by atoms with Crippen molar-refractivity contribution in [1.82, 2.24) is 0 Å². The van der Waals surface area contributed by atoms with E-state index in [9.17, 15) is 9.59 Å². The first kappa shape index (κ1) is 22.4. The van der Waals surface area contributed by atoms with Gasteiger partial charge in [0.25, 0.3) is 11.8 Å². The maximum Gasteiger partial charge on any atom is 0.282 e. The summed E-state index contributed by atoms with van der Waals surface area (Å²) in [6, 6.07) is 21.1. The number of amides is 2. The lowest BCUT2D eigenvalue weighted by Crippen LogP contribution is -2.32. The number of hydrogen-bond acceptors (Lipinski definition) is 5. The Labute approximate surface area is 197 Å². The number of anilines is 2. The van der Waals surface area contributed by atoms with Gasteiger partial charge >= 0.3 is 0 Å². The molecule has 1 aliphatic heterocycles. The molecule has 0 radical (unpaired) electrons. The predicted molar refractivity (Wildman–Crippen MR) is 130 cm³/mol. The Morgan fingerprint density at radius 1 is 0.909 bits per heavy atom. The van der Waals surface area contributed by atoms with E-state index < -0.39 is 11.8 Å². The van der Waals surface area contributed by atoms with Crippen LogP contribution in [0.5, 0.6) is 11.5 Å². The summed E-state index contributed by atoms with van der Waals surface area (Å²) in [5, 5.41) is 3.45. The summed E-state index contributed by atoms with van der Waals surface area (Å²) in [6.45, 7) is 3.90. The van der Waals surface area contributed by atoms with Crippen molar-refractivity contribution in [2.75, 3.05) is 17.3 Å². The molecule has 0 bridgehead atoms. The number of halogens is 1. The van der Waals surface area contributed by atoms with Crippen molar-refractivity contribution in [3.63, 3.8) is 0 Å². The predicted octanol–water partition coefficient (Wildman–Crippen LogP) is 5.53. The lowest BCUT2D eigenvalue weighted by molar-refractivity contribution is -0.120. The molecule has 2 amide bonds. The molecule has 0 spiro atoms. The summed E-state index contributed by atoms with van der Waals surface area (Å²) in [6.07, 6.45) is 0.0510. The Kier molecular flexibility index (Phi) is 6.38. The van der Waals surface area contributed by atoms with Gasteiger partial charge in [-0.1, -0.05) is 41.9 Å². The van der Waals surface area contributed by atoms with Crippen LogP contribution in [-0.2, 0) is 9.59 Å². The van der Waals surface area contributed by atoms with Gasteiger partial charge in [-0.15, -0.1) is 0 Å². The molecule has 0 aliphatic carbocycles. The molecule has 0 aromatic heterocycles. The zero-order chi connectivity index (χ0) is 23.5. The highest BCUT2D eigenvalue weighted by Gasteiger charge is 2.40. The van der Waals surface area contributed by atoms with Gasteiger partial charge in [-0.3, -0.25) is 9.59 Å². The normalized spacial score (nSPS) is 13.7. The Hall–Kier alpha value is -3.77. The molecular weight excluding hydrogens is 440 g/mol. The van der Waals surface area contributed by atoms with Gasteiger partial charge < -0.3 is 14.8 Å². The van der Waals surface area contributed by atoms with Crippen LogP contribution in [-0.4, -0.2) is 25.0 Å². The first-order valence-corrected chi connectivity index (χ1v) is 10.8. The molecule has 1 N–H and O–H groups in total. The lowest BCUT2D eigenvalue weighted by atomic mass is 10.0. The Bertz CT molecular complexity index is 1220. The van der Waals surface area contributed by atoms with Crippen molar-refractivity contribution in [2.24, 2.45) is 0 Å². The van der Waals surface area contributed by atoms with Gasteiger partial charge in [0.2, 0.25) is 0 Å². The van der Waals surface area contributed by atoms with Crippen LogP contribution in [0.1, 0.15) is 19.4 Å². The molecule has 33 heavy (non-hydrogen) atoms. The fraction of sp³-hybridized carbons (Fsp3) is 0.154. The van der Waals surface area contributed by atoms with E-state index in [0.29, 0.717) is 27.7 Å². The molecule has 0 saturated heterocycles. The zero-order valence-corrected chi connectivity index (χ0v) is 19.2. The second-order valence-corrected chi connectivity index (χ2v) is 8.10. The number of nitrogens with zero attached hydrogens (tertiary/aromatic N) is 1. The van der Waals surface area contributed by atoms with Crippen LogP contribution in [0.25, 0.3) is 5.57 Å². The number of carbonyl (C=O) groups excluding carboxylic acids is 2. The van der Waals surface area contributed by atoms with Crippen LogP contribution >= 0.6 is 11.6 Å². The third kappa shape index (κ3) is 4.56. The quantitative estimate of drug-likeness (QED) is 0.467. The second-order valence-electron chi connectivity index (χ2n) is 7.70. The van der Waals surface area contributed by atoms with E-state index in [-0.39, 0.29) is 17.4 Å². The van der Waals surface area contributed by atoms with Crippen LogP contribution in [0.15, 0.2) is 78.5 Å². The number of benzene rings is 3. The van der Waals surface area contributed by atoms with E-state index in [1.165, 1.54) is 7.11 Å². The van der Waals surface area contributed by atoms with Crippen molar-refractivity contribution in [3.8, 4) is 11.5 Å². The fourth-order valence-corrected chi connectivity index (χ4v) is 3.83. The highest BCUT2D eigenvalue weighted by Crippen LogP contribution is 2.36. The topological polar surface area (TPSA) is 67.9 Å².